The molecule has 1 nitrogen and oxygen atoms in total. The maximum absolute atomic E-state index is 2.61. The van der Waals surface area contributed by atoms with Crippen molar-refractivity contribution < 1.29 is 0 Å². The molecule has 5 aliphatic rings. The Bertz CT molecular complexity index is 1050. The zero-order valence-electron chi connectivity index (χ0n) is 15.2. The minimum Gasteiger partial charge on any atom is -0.310 e. The Labute approximate surface area is 158 Å². The minimum atomic E-state index is 0.654. The highest BCUT2D eigenvalue weighted by atomic mass is 32.2. The summed E-state index contributed by atoms with van der Waals surface area (Å²) in [7, 11) is 0. The molecular formula is C24H25NS. The first-order valence-electron chi connectivity index (χ1n) is 10.3. The van der Waals surface area contributed by atoms with Gasteiger partial charge in [0.1, 0.15) is 0 Å². The number of fused-ring (bicyclic) bond motifs is 6. The molecular weight excluding hydrogens is 334 g/mol. The van der Waals surface area contributed by atoms with Crippen LogP contribution in [0.1, 0.15) is 44.9 Å². The van der Waals surface area contributed by atoms with Gasteiger partial charge in [0.2, 0.25) is 0 Å². The summed E-state index contributed by atoms with van der Waals surface area (Å²) in [6, 6.07) is 0. The standard InChI is InChI=1S/C24H25NS/c1-4-10-21-17(7-1)18-8-2-5-11-22(18)25(21)16-13-14-24-20(15-16)19-9-3-6-12-23(19)26-24/h7-8,10-15,19-20,24H,1-6,9H2. The maximum atomic E-state index is 2.61. The van der Waals surface area contributed by atoms with Crippen LogP contribution >= 0.6 is 11.8 Å². The van der Waals surface area contributed by atoms with Crippen molar-refractivity contribution in [2.75, 3.05) is 0 Å². The fourth-order valence-electron chi connectivity index (χ4n) is 5.48. The van der Waals surface area contributed by atoms with Crippen molar-refractivity contribution in [1.82, 2.24) is 4.57 Å². The van der Waals surface area contributed by atoms with Crippen LogP contribution in [0.2, 0.25) is 0 Å². The van der Waals surface area contributed by atoms with E-state index in [1.165, 1.54) is 71.8 Å². The third kappa shape index (κ3) is 2.18. The normalized spacial score (nSPS) is 31.0. The predicted molar refractivity (Wildman–Crippen MR) is 113 cm³/mol. The number of hydrogen-bond acceptors (Lipinski definition) is 1. The van der Waals surface area contributed by atoms with E-state index in [1.807, 2.05) is 0 Å². The van der Waals surface area contributed by atoms with Crippen LogP contribution in [-0.2, 0) is 0 Å². The molecule has 6 rings (SSSR count). The van der Waals surface area contributed by atoms with Gasteiger partial charge in [0.25, 0.3) is 0 Å². The van der Waals surface area contributed by atoms with E-state index in [0.29, 0.717) is 11.2 Å². The van der Waals surface area contributed by atoms with Crippen molar-refractivity contribution in [1.29, 1.82) is 0 Å². The van der Waals surface area contributed by atoms with E-state index in [-0.39, 0.29) is 0 Å². The fraction of sp³-hybridized carbons (Fsp3) is 0.417. The number of nitrogens with zero attached hydrogens (tertiary/aromatic N) is 1. The molecule has 0 amide bonds. The smallest absolute Gasteiger partial charge is 0.0497 e. The molecule has 1 saturated heterocycles. The maximum Gasteiger partial charge on any atom is 0.0497 e. The summed E-state index contributed by atoms with van der Waals surface area (Å²) in [4.78, 5) is 1.67. The lowest BCUT2D eigenvalue weighted by Gasteiger charge is -2.25. The highest BCUT2D eigenvalue weighted by Gasteiger charge is 2.40. The summed E-state index contributed by atoms with van der Waals surface area (Å²) >= 11 is 2.13. The quantitative estimate of drug-likeness (QED) is 0.746. The lowest BCUT2D eigenvalue weighted by atomic mass is 9.80. The topological polar surface area (TPSA) is 4.93 Å². The third-order valence-corrected chi connectivity index (χ3v) is 8.14. The highest BCUT2D eigenvalue weighted by molar-refractivity contribution is 8.04. The van der Waals surface area contributed by atoms with Crippen LogP contribution in [0.15, 0.2) is 29.2 Å². The van der Waals surface area contributed by atoms with Crippen LogP contribution in [0, 0.1) is 11.8 Å². The van der Waals surface area contributed by atoms with Gasteiger partial charge in [0, 0.05) is 38.0 Å². The molecule has 0 aromatic carbocycles. The molecule has 3 atom stereocenters. The summed E-state index contributed by atoms with van der Waals surface area (Å²) in [6.07, 6.45) is 28.6. The Morgan fingerprint density at radius 1 is 0.846 bits per heavy atom. The van der Waals surface area contributed by atoms with Crippen LogP contribution < -0.4 is 21.1 Å². The van der Waals surface area contributed by atoms with Gasteiger partial charge in [0.15, 0.2) is 0 Å². The average Bonchev–Trinajstić information content (AvgIpc) is 3.23. The van der Waals surface area contributed by atoms with Gasteiger partial charge in [-0.3, -0.25) is 0 Å². The second-order valence-electron chi connectivity index (χ2n) is 8.16. The molecule has 4 aliphatic carbocycles. The van der Waals surface area contributed by atoms with Crippen molar-refractivity contribution in [3.63, 3.8) is 0 Å². The first-order valence-corrected chi connectivity index (χ1v) is 11.2. The summed E-state index contributed by atoms with van der Waals surface area (Å²) in [5.74, 6) is 1.45. The van der Waals surface area contributed by atoms with E-state index < -0.39 is 0 Å². The van der Waals surface area contributed by atoms with E-state index in [0.717, 1.165) is 5.92 Å². The first-order chi connectivity index (χ1) is 12.9. The zero-order chi connectivity index (χ0) is 17.1. The molecule has 1 aromatic rings. The lowest BCUT2D eigenvalue weighted by molar-refractivity contribution is 0.438. The molecule has 3 unspecified atom stereocenters. The van der Waals surface area contributed by atoms with Gasteiger partial charge in [-0.25, -0.2) is 0 Å². The van der Waals surface area contributed by atoms with E-state index in [9.17, 15) is 0 Å². The van der Waals surface area contributed by atoms with Crippen LogP contribution in [0.4, 0.5) is 0 Å². The van der Waals surface area contributed by atoms with E-state index in [4.69, 9.17) is 0 Å². The molecule has 0 N–H and O–H groups in total. The van der Waals surface area contributed by atoms with E-state index in [1.54, 1.807) is 4.91 Å². The summed E-state index contributed by atoms with van der Waals surface area (Å²) in [5, 5.41) is 6.50. The van der Waals surface area contributed by atoms with Gasteiger partial charge in [-0.15, -0.1) is 11.8 Å². The van der Waals surface area contributed by atoms with Gasteiger partial charge in [0.05, 0.1) is 0 Å². The van der Waals surface area contributed by atoms with Crippen LogP contribution in [-0.4, -0.2) is 9.82 Å². The largest absolute Gasteiger partial charge is 0.310 e. The van der Waals surface area contributed by atoms with Gasteiger partial charge >= 0.3 is 0 Å². The molecule has 0 radical (unpaired) electrons. The highest BCUT2D eigenvalue weighted by Crippen LogP contribution is 2.53. The number of hydrogen-bond donors (Lipinski definition) is 0. The van der Waals surface area contributed by atoms with Crippen LogP contribution in [0.5, 0.6) is 0 Å². The van der Waals surface area contributed by atoms with Crippen LogP contribution in [0.3, 0.4) is 0 Å². The molecule has 1 aromatic heterocycles. The molecule has 132 valence electrons. The Kier molecular flexibility index (Phi) is 3.50. The summed E-state index contributed by atoms with van der Waals surface area (Å²) in [6.45, 7) is 0. The molecule has 2 heterocycles. The monoisotopic (exact) mass is 359 g/mol. The molecule has 0 spiro atoms. The summed E-state index contributed by atoms with van der Waals surface area (Å²) in [5.41, 5.74) is 1.41. The lowest BCUT2D eigenvalue weighted by Crippen LogP contribution is -2.39. The molecule has 0 bridgehead atoms. The SMILES string of the molecule is C1=CC2SC3=CCCCC3C2C=C1n1c2c(c3c1=CCCC=3)=CCCC=2. The molecule has 1 fully saturated rings. The Balaban J connectivity index is 1.56. The molecule has 1 aliphatic heterocycles. The second kappa shape index (κ2) is 5.92. The van der Waals surface area contributed by atoms with Crippen molar-refractivity contribution in [3.05, 3.63) is 50.3 Å². The van der Waals surface area contributed by atoms with E-state index >= 15 is 0 Å². The van der Waals surface area contributed by atoms with Gasteiger partial charge in [-0.1, -0.05) is 42.5 Å². The predicted octanol–water partition coefficient (Wildman–Crippen LogP) is 3.02. The van der Waals surface area contributed by atoms with Crippen molar-refractivity contribution in [2.45, 2.75) is 50.2 Å². The summed E-state index contributed by atoms with van der Waals surface area (Å²) < 4.78 is 2.57. The first kappa shape index (κ1) is 15.4. The Morgan fingerprint density at radius 3 is 2.35 bits per heavy atom. The molecule has 26 heavy (non-hydrogen) atoms. The molecule has 2 heteroatoms. The minimum absolute atomic E-state index is 0.654. The van der Waals surface area contributed by atoms with Crippen LogP contribution in [0.25, 0.3) is 30.0 Å². The second-order valence-corrected chi connectivity index (χ2v) is 9.41. The zero-order valence-corrected chi connectivity index (χ0v) is 16.0. The Hall–Kier alpha value is -1.67. The van der Waals surface area contributed by atoms with Gasteiger partial charge in [-0.05, 0) is 61.8 Å². The van der Waals surface area contributed by atoms with Crippen molar-refractivity contribution >= 4 is 41.8 Å². The van der Waals surface area contributed by atoms with Gasteiger partial charge in [-0.2, -0.15) is 0 Å². The van der Waals surface area contributed by atoms with Crippen molar-refractivity contribution in [2.24, 2.45) is 11.8 Å². The van der Waals surface area contributed by atoms with Crippen molar-refractivity contribution in [3.8, 4) is 0 Å². The number of aromatic nitrogens is 1. The fourth-order valence-corrected chi connectivity index (χ4v) is 7.04. The number of rotatable bonds is 1. The van der Waals surface area contributed by atoms with E-state index in [2.05, 4.69) is 64.9 Å². The third-order valence-electron chi connectivity index (χ3n) is 6.65. The number of allylic oxidation sites excluding steroid dienone is 5. The number of thioether (sulfide) groups is 1. The molecule has 0 saturated carbocycles. The van der Waals surface area contributed by atoms with Gasteiger partial charge < -0.3 is 4.57 Å². The Morgan fingerprint density at radius 2 is 1.58 bits per heavy atom. The average molecular weight is 360 g/mol.